The quantitative estimate of drug-likeness (QED) is 0.858. The summed E-state index contributed by atoms with van der Waals surface area (Å²) in [6.07, 6.45) is 3.22. The number of rotatable bonds is 4. The third-order valence-corrected chi connectivity index (χ3v) is 6.29. The number of aromatic nitrogens is 2. The number of ether oxygens (including phenoxy) is 2. The SMILES string of the molecule is O=C(c1n[nH]c2c1COCC2)N1CCO[C@@H](CN2CCCC2)[C@@H]1c1ccccc1. The summed E-state index contributed by atoms with van der Waals surface area (Å²) in [6.45, 7) is 5.31. The molecule has 29 heavy (non-hydrogen) atoms. The van der Waals surface area contributed by atoms with Crippen LogP contribution in [0.15, 0.2) is 30.3 Å². The predicted molar refractivity (Wildman–Crippen MR) is 108 cm³/mol. The van der Waals surface area contributed by atoms with E-state index >= 15 is 0 Å². The van der Waals surface area contributed by atoms with Crippen molar-refractivity contribution in [2.45, 2.75) is 38.0 Å². The van der Waals surface area contributed by atoms with Gasteiger partial charge in [0.25, 0.3) is 5.91 Å². The number of hydrogen-bond donors (Lipinski definition) is 1. The summed E-state index contributed by atoms with van der Waals surface area (Å²) in [4.78, 5) is 18.0. The van der Waals surface area contributed by atoms with Crippen LogP contribution in [0.1, 0.15) is 46.2 Å². The van der Waals surface area contributed by atoms with Crippen LogP contribution in [-0.4, -0.2) is 71.4 Å². The molecular weight excluding hydrogens is 368 g/mol. The first kappa shape index (κ1) is 18.8. The van der Waals surface area contributed by atoms with Crippen LogP contribution in [0.25, 0.3) is 0 Å². The van der Waals surface area contributed by atoms with Crippen molar-refractivity contribution >= 4 is 5.91 Å². The summed E-state index contributed by atoms with van der Waals surface area (Å²) in [5.74, 6) is -0.0309. The average Bonchev–Trinajstić information content (AvgIpc) is 3.43. The Bertz CT molecular complexity index is 847. The van der Waals surface area contributed by atoms with Crippen molar-refractivity contribution in [1.29, 1.82) is 0 Å². The fourth-order valence-electron chi connectivity index (χ4n) is 4.80. The van der Waals surface area contributed by atoms with Crippen molar-refractivity contribution in [3.63, 3.8) is 0 Å². The van der Waals surface area contributed by atoms with Gasteiger partial charge >= 0.3 is 0 Å². The number of nitrogens with zero attached hydrogens (tertiary/aromatic N) is 3. The molecule has 2 aromatic rings. The molecule has 1 aromatic heterocycles. The van der Waals surface area contributed by atoms with Gasteiger partial charge in [0, 0.05) is 30.8 Å². The zero-order chi connectivity index (χ0) is 19.6. The Morgan fingerprint density at radius 1 is 1.14 bits per heavy atom. The first-order valence-electron chi connectivity index (χ1n) is 10.6. The number of H-pyrrole nitrogens is 1. The van der Waals surface area contributed by atoms with Gasteiger partial charge < -0.3 is 19.3 Å². The van der Waals surface area contributed by atoms with Crippen LogP contribution in [-0.2, 0) is 22.5 Å². The first-order valence-corrected chi connectivity index (χ1v) is 10.6. The molecule has 0 radical (unpaired) electrons. The highest BCUT2D eigenvalue weighted by Gasteiger charge is 2.39. The number of carbonyl (C=O) groups excluding carboxylic acids is 1. The number of nitrogens with one attached hydrogen (secondary N) is 1. The van der Waals surface area contributed by atoms with Gasteiger partial charge in [0.15, 0.2) is 5.69 Å². The molecule has 0 saturated carbocycles. The molecule has 2 saturated heterocycles. The zero-order valence-corrected chi connectivity index (χ0v) is 16.7. The Morgan fingerprint density at radius 3 is 2.79 bits per heavy atom. The first-order chi connectivity index (χ1) is 14.3. The maximum atomic E-state index is 13.6. The number of benzene rings is 1. The molecule has 0 bridgehead atoms. The van der Waals surface area contributed by atoms with E-state index in [0.717, 1.165) is 42.9 Å². The molecule has 2 fully saturated rings. The Hall–Kier alpha value is -2.22. The summed E-state index contributed by atoms with van der Waals surface area (Å²) in [7, 11) is 0. The molecule has 3 aliphatic rings. The Labute approximate surface area is 171 Å². The third kappa shape index (κ3) is 3.70. The number of fused-ring (bicyclic) bond motifs is 1. The van der Waals surface area contributed by atoms with Crippen LogP contribution in [0.5, 0.6) is 0 Å². The zero-order valence-electron chi connectivity index (χ0n) is 16.7. The minimum Gasteiger partial charge on any atom is -0.376 e. The van der Waals surface area contributed by atoms with Crippen molar-refractivity contribution in [3.8, 4) is 0 Å². The van der Waals surface area contributed by atoms with Crippen molar-refractivity contribution in [2.75, 3.05) is 39.4 Å². The van der Waals surface area contributed by atoms with E-state index in [9.17, 15) is 4.79 Å². The smallest absolute Gasteiger partial charge is 0.275 e. The molecule has 0 spiro atoms. The van der Waals surface area contributed by atoms with Crippen LogP contribution in [0.2, 0.25) is 0 Å². The molecule has 2 atom stereocenters. The molecule has 1 N–H and O–H groups in total. The van der Waals surface area contributed by atoms with E-state index in [0.29, 0.717) is 32.1 Å². The second kappa shape index (κ2) is 8.26. The maximum Gasteiger partial charge on any atom is 0.275 e. The Balaban J connectivity index is 1.46. The third-order valence-electron chi connectivity index (χ3n) is 6.29. The van der Waals surface area contributed by atoms with E-state index < -0.39 is 0 Å². The second-order valence-corrected chi connectivity index (χ2v) is 8.10. The number of amides is 1. The fourth-order valence-corrected chi connectivity index (χ4v) is 4.80. The van der Waals surface area contributed by atoms with Gasteiger partial charge in [-0.3, -0.25) is 9.89 Å². The Kier molecular flexibility index (Phi) is 5.35. The number of morpholine rings is 1. The van der Waals surface area contributed by atoms with Gasteiger partial charge in [-0.2, -0.15) is 5.10 Å². The van der Waals surface area contributed by atoms with Crippen molar-refractivity contribution in [1.82, 2.24) is 20.0 Å². The van der Waals surface area contributed by atoms with Crippen LogP contribution in [0.4, 0.5) is 0 Å². The van der Waals surface area contributed by atoms with Crippen LogP contribution in [0, 0.1) is 0 Å². The highest BCUT2D eigenvalue weighted by Crippen LogP contribution is 2.33. The van der Waals surface area contributed by atoms with E-state index in [1.807, 2.05) is 23.1 Å². The van der Waals surface area contributed by atoms with Gasteiger partial charge in [-0.05, 0) is 31.5 Å². The van der Waals surface area contributed by atoms with E-state index in [4.69, 9.17) is 9.47 Å². The fraction of sp³-hybridized carbons (Fsp3) is 0.545. The lowest BCUT2D eigenvalue weighted by Gasteiger charge is -2.42. The number of aromatic amines is 1. The van der Waals surface area contributed by atoms with Crippen molar-refractivity contribution < 1.29 is 14.3 Å². The van der Waals surface area contributed by atoms with Crippen LogP contribution in [0.3, 0.4) is 0 Å². The molecule has 5 rings (SSSR count). The minimum absolute atomic E-state index is 0.0309. The van der Waals surface area contributed by atoms with Gasteiger partial charge in [0.1, 0.15) is 0 Å². The lowest BCUT2D eigenvalue weighted by atomic mass is 9.96. The molecule has 4 heterocycles. The number of carbonyl (C=O) groups is 1. The highest BCUT2D eigenvalue weighted by atomic mass is 16.5. The number of hydrogen-bond acceptors (Lipinski definition) is 5. The minimum atomic E-state index is -0.116. The van der Waals surface area contributed by atoms with Crippen molar-refractivity contribution in [3.05, 3.63) is 52.8 Å². The topological polar surface area (TPSA) is 70.7 Å². The molecule has 0 aliphatic carbocycles. The van der Waals surface area contributed by atoms with Gasteiger partial charge in [-0.15, -0.1) is 0 Å². The van der Waals surface area contributed by atoms with E-state index in [1.54, 1.807) is 0 Å². The molecule has 7 heteroatoms. The molecule has 1 amide bonds. The van der Waals surface area contributed by atoms with E-state index in [-0.39, 0.29) is 18.1 Å². The van der Waals surface area contributed by atoms with Crippen LogP contribution >= 0.6 is 0 Å². The lowest BCUT2D eigenvalue weighted by Crippen LogP contribution is -2.51. The Morgan fingerprint density at radius 2 is 1.97 bits per heavy atom. The molecular formula is C22H28N4O3. The molecule has 0 unspecified atom stereocenters. The summed E-state index contributed by atoms with van der Waals surface area (Å²) in [5.41, 5.74) is 3.56. The highest BCUT2D eigenvalue weighted by molar-refractivity contribution is 5.94. The summed E-state index contributed by atoms with van der Waals surface area (Å²) in [5, 5.41) is 7.44. The predicted octanol–water partition coefficient (Wildman–Crippen LogP) is 2.16. The molecule has 3 aliphatic heterocycles. The average molecular weight is 396 g/mol. The largest absolute Gasteiger partial charge is 0.376 e. The van der Waals surface area contributed by atoms with E-state index in [1.165, 1.54) is 12.8 Å². The van der Waals surface area contributed by atoms with Crippen LogP contribution < -0.4 is 0 Å². The van der Waals surface area contributed by atoms with E-state index in [2.05, 4.69) is 27.2 Å². The monoisotopic (exact) mass is 396 g/mol. The summed E-state index contributed by atoms with van der Waals surface area (Å²) in [6, 6.07) is 10.2. The standard InChI is InChI=1S/C22H28N4O3/c27-22(20-17-15-28-12-8-18(17)23-24-20)26-11-13-29-19(14-25-9-4-5-10-25)21(26)16-6-2-1-3-7-16/h1-3,6-7,19,21H,4-5,8-15H2,(H,23,24)/t19-,21-/m0/s1. The summed E-state index contributed by atoms with van der Waals surface area (Å²) >= 11 is 0. The van der Waals surface area contributed by atoms with Gasteiger partial charge in [0.05, 0.1) is 32.0 Å². The normalized spacial score (nSPS) is 25.2. The van der Waals surface area contributed by atoms with Gasteiger partial charge in [0.2, 0.25) is 0 Å². The van der Waals surface area contributed by atoms with Gasteiger partial charge in [-0.1, -0.05) is 30.3 Å². The van der Waals surface area contributed by atoms with Crippen molar-refractivity contribution in [2.24, 2.45) is 0 Å². The summed E-state index contributed by atoms with van der Waals surface area (Å²) < 4.78 is 11.8. The van der Waals surface area contributed by atoms with Gasteiger partial charge in [-0.25, -0.2) is 0 Å². The lowest BCUT2D eigenvalue weighted by molar-refractivity contribution is -0.0709. The number of likely N-dealkylation sites (tertiary alicyclic amines) is 1. The molecule has 154 valence electrons. The molecule has 1 aromatic carbocycles. The second-order valence-electron chi connectivity index (χ2n) is 8.10. The molecule has 7 nitrogen and oxygen atoms in total. The maximum absolute atomic E-state index is 13.6.